The molecule has 0 aliphatic rings. The molecular weight excluding hydrogens is 188 g/mol. The van der Waals surface area contributed by atoms with E-state index in [0.717, 1.165) is 12.1 Å². The number of rotatable bonds is 3. The Morgan fingerprint density at radius 2 is 2.07 bits per heavy atom. The quantitative estimate of drug-likeness (QED) is 0.789. The Morgan fingerprint density at radius 3 is 2.64 bits per heavy atom. The molecule has 0 saturated carbocycles. The van der Waals surface area contributed by atoms with Crippen molar-refractivity contribution in [3.05, 3.63) is 41.5 Å². The monoisotopic (exact) mass is 197 g/mol. The van der Waals surface area contributed by atoms with E-state index in [1.807, 2.05) is 0 Å². The first kappa shape index (κ1) is 10.4. The van der Waals surface area contributed by atoms with E-state index in [1.165, 1.54) is 18.2 Å². The lowest BCUT2D eigenvalue weighted by Gasteiger charge is -1.94. The zero-order valence-corrected chi connectivity index (χ0v) is 7.34. The second-order valence-electron chi connectivity index (χ2n) is 2.75. The molecule has 0 spiro atoms. The van der Waals surface area contributed by atoms with Gasteiger partial charge in [0.15, 0.2) is 11.6 Å². The number of carbonyl (C=O) groups is 1. The van der Waals surface area contributed by atoms with E-state index in [-0.39, 0.29) is 6.42 Å². The maximum absolute atomic E-state index is 12.7. The Bertz CT molecular complexity index is 374. The van der Waals surface area contributed by atoms with Crippen molar-refractivity contribution in [1.82, 2.24) is 0 Å². The molecule has 0 aliphatic carbocycles. The van der Waals surface area contributed by atoms with E-state index < -0.39 is 17.5 Å². The molecular formula is C10H9F2NO. The minimum Gasteiger partial charge on any atom is -0.369 e. The molecule has 0 saturated heterocycles. The van der Waals surface area contributed by atoms with E-state index in [0.29, 0.717) is 5.56 Å². The minimum atomic E-state index is -0.911. The van der Waals surface area contributed by atoms with Gasteiger partial charge in [-0.25, -0.2) is 8.78 Å². The standard InChI is InChI=1S/C10H9F2NO/c11-8-5-4-7(6-9(8)12)2-1-3-10(13)14/h1-2,4-6H,3H2,(H2,13,14). The maximum atomic E-state index is 12.7. The zero-order chi connectivity index (χ0) is 10.6. The van der Waals surface area contributed by atoms with Crippen LogP contribution in [0.3, 0.4) is 0 Å². The van der Waals surface area contributed by atoms with Crippen molar-refractivity contribution in [1.29, 1.82) is 0 Å². The summed E-state index contributed by atoms with van der Waals surface area (Å²) in [6.07, 6.45) is 3.08. The van der Waals surface area contributed by atoms with Gasteiger partial charge in [-0.1, -0.05) is 18.2 Å². The van der Waals surface area contributed by atoms with E-state index in [9.17, 15) is 13.6 Å². The number of amides is 1. The van der Waals surface area contributed by atoms with Crippen LogP contribution >= 0.6 is 0 Å². The summed E-state index contributed by atoms with van der Waals surface area (Å²) in [6.45, 7) is 0. The van der Waals surface area contributed by atoms with Crippen LogP contribution in [0.15, 0.2) is 24.3 Å². The van der Waals surface area contributed by atoms with Gasteiger partial charge in [-0.05, 0) is 17.7 Å². The largest absolute Gasteiger partial charge is 0.369 e. The first-order valence-corrected chi connectivity index (χ1v) is 3.99. The zero-order valence-electron chi connectivity index (χ0n) is 7.34. The van der Waals surface area contributed by atoms with Gasteiger partial charge in [0.25, 0.3) is 0 Å². The lowest BCUT2D eigenvalue weighted by molar-refractivity contribution is -0.117. The van der Waals surface area contributed by atoms with Crippen LogP contribution in [0.2, 0.25) is 0 Å². The second-order valence-corrected chi connectivity index (χ2v) is 2.75. The first-order chi connectivity index (χ1) is 6.59. The van der Waals surface area contributed by atoms with Crippen LogP contribution in [0, 0.1) is 11.6 Å². The molecule has 0 aliphatic heterocycles. The van der Waals surface area contributed by atoms with E-state index in [4.69, 9.17) is 5.73 Å². The van der Waals surface area contributed by atoms with E-state index in [1.54, 1.807) is 0 Å². The Labute approximate surface area is 80.0 Å². The molecule has 4 heteroatoms. The van der Waals surface area contributed by atoms with Gasteiger partial charge < -0.3 is 5.73 Å². The van der Waals surface area contributed by atoms with Crippen molar-refractivity contribution in [2.45, 2.75) is 6.42 Å². The minimum absolute atomic E-state index is 0.0823. The van der Waals surface area contributed by atoms with Crippen LogP contribution < -0.4 is 5.73 Å². The van der Waals surface area contributed by atoms with Gasteiger partial charge in [0, 0.05) is 6.42 Å². The molecule has 74 valence electrons. The van der Waals surface area contributed by atoms with Gasteiger partial charge in [-0.2, -0.15) is 0 Å². The Kier molecular flexibility index (Phi) is 3.34. The second kappa shape index (κ2) is 4.50. The van der Waals surface area contributed by atoms with Crippen LogP contribution in [0.25, 0.3) is 6.08 Å². The molecule has 2 N–H and O–H groups in total. The Balaban J connectivity index is 2.73. The van der Waals surface area contributed by atoms with E-state index in [2.05, 4.69) is 0 Å². The normalized spacial score (nSPS) is 10.7. The van der Waals surface area contributed by atoms with Crippen LogP contribution in [-0.2, 0) is 4.79 Å². The predicted molar refractivity (Wildman–Crippen MR) is 49.2 cm³/mol. The third-order valence-electron chi connectivity index (χ3n) is 1.57. The smallest absolute Gasteiger partial charge is 0.221 e. The highest BCUT2D eigenvalue weighted by Gasteiger charge is 1.99. The molecule has 0 aromatic heterocycles. The van der Waals surface area contributed by atoms with Crippen LogP contribution in [-0.4, -0.2) is 5.91 Å². The van der Waals surface area contributed by atoms with Crippen molar-refractivity contribution in [2.75, 3.05) is 0 Å². The Morgan fingerprint density at radius 1 is 1.36 bits per heavy atom. The lowest BCUT2D eigenvalue weighted by Crippen LogP contribution is -2.07. The molecule has 0 fully saturated rings. The third kappa shape index (κ3) is 2.97. The topological polar surface area (TPSA) is 43.1 Å². The van der Waals surface area contributed by atoms with Crippen molar-refractivity contribution < 1.29 is 13.6 Å². The van der Waals surface area contributed by atoms with Crippen LogP contribution in [0.4, 0.5) is 8.78 Å². The van der Waals surface area contributed by atoms with Gasteiger partial charge >= 0.3 is 0 Å². The van der Waals surface area contributed by atoms with Crippen molar-refractivity contribution in [3.63, 3.8) is 0 Å². The number of hydrogen-bond acceptors (Lipinski definition) is 1. The Hall–Kier alpha value is -1.71. The number of hydrogen-bond donors (Lipinski definition) is 1. The predicted octanol–water partition coefficient (Wildman–Crippen LogP) is 1.85. The summed E-state index contributed by atoms with van der Waals surface area (Å²) in [4.78, 5) is 10.3. The number of nitrogens with two attached hydrogens (primary N) is 1. The molecule has 0 heterocycles. The average molecular weight is 197 g/mol. The fourth-order valence-electron chi connectivity index (χ4n) is 0.927. The summed E-state index contributed by atoms with van der Waals surface area (Å²) < 4.78 is 25.1. The van der Waals surface area contributed by atoms with Gasteiger partial charge in [0.2, 0.25) is 5.91 Å². The van der Waals surface area contributed by atoms with Crippen LogP contribution in [0.1, 0.15) is 12.0 Å². The van der Waals surface area contributed by atoms with Gasteiger partial charge in [-0.15, -0.1) is 0 Å². The molecule has 1 aromatic rings. The summed E-state index contributed by atoms with van der Waals surface area (Å²) in [5.41, 5.74) is 5.38. The molecule has 1 amide bonds. The van der Waals surface area contributed by atoms with Crippen LogP contribution in [0.5, 0.6) is 0 Å². The highest BCUT2D eigenvalue weighted by atomic mass is 19.2. The SMILES string of the molecule is NC(=O)CC=Cc1ccc(F)c(F)c1. The molecule has 1 rings (SSSR count). The number of primary amides is 1. The number of benzene rings is 1. The molecule has 0 unspecified atom stereocenters. The maximum Gasteiger partial charge on any atom is 0.221 e. The van der Waals surface area contributed by atoms with Crippen molar-refractivity contribution in [3.8, 4) is 0 Å². The molecule has 0 atom stereocenters. The fourth-order valence-corrected chi connectivity index (χ4v) is 0.927. The molecule has 14 heavy (non-hydrogen) atoms. The molecule has 0 bridgehead atoms. The van der Waals surface area contributed by atoms with Crippen molar-refractivity contribution in [2.24, 2.45) is 5.73 Å². The number of carbonyl (C=O) groups excluding carboxylic acids is 1. The summed E-state index contributed by atoms with van der Waals surface area (Å²) in [5.74, 6) is -2.27. The summed E-state index contributed by atoms with van der Waals surface area (Å²) >= 11 is 0. The highest BCUT2D eigenvalue weighted by Crippen LogP contribution is 2.10. The molecule has 1 aromatic carbocycles. The summed E-state index contributed by atoms with van der Waals surface area (Å²) in [5, 5.41) is 0. The lowest BCUT2D eigenvalue weighted by atomic mass is 10.2. The highest BCUT2D eigenvalue weighted by molar-refractivity contribution is 5.76. The summed E-state index contributed by atoms with van der Waals surface area (Å²) in [6, 6.07) is 3.49. The van der Waals surface area contributed by atoms with E-state index >= 15 is 0 Å². The fraction of sp³-hybridized carbons (Fsp3) is 0.100. The van der Waals surface area contributed by atoms with Gasteiger partial charge in [0.1, 0.15) is 0 Å². The van der Waals surface area contributed by atoms with Crippen molar-refractivity contribution >= 4 is 12.0 Å². The molecule has 2 nitrogen and oxygen atoms in total. The van der Waals surface area contributed by atoms with Gasteiger partial charge in [-0.3, -0.25) is 4.79 Å². The third-order valence-corrected chi connectivity index (χ3v) is 1.57. The number of halogens is 2. The van der Waals surface area contributed by atoms with Gasteiger partial charge in [0.05, 0.1) is 0 Å². The average Bonchev–Trinajstić information content (AvgIpc) is 2.10. The first-order valence-electron chi connectivity index (χ1n) is 3.99. The molecule has 0 radical (unpaired) electrons. The summed E-state index contributed by atoms with van der Waals surface area (Å²) in [7, 11) is 0.